The lowest BCUT2D eigenvalue weighted by Gasteiger charge is -2.14. The Hall–Kier alpha value is -1.68. The van der Waals surface area contributed by atoms with E-state index in [4.69, 9.17) is 5.73 Å². The Morgan fingerprint density at radius 3 is 2.88 bits per heavy atom. The van der Waals surface area contributed by atoms with Crippen LogP contribution in [0.25, 0.3) is 0 Å². The predicted octanol–water partition coefficient (Wildman–Crippen LogP) is 1.65. The second-order valence-corrected chi connectivity index (χ2v) is 3.75. The molecule has 0 saturated heterocycles. The van der Waals surface area contributed by atoms with Crippen molar-refractivity contribution in [2.24, 2.45) is 5.73 Å². The van der Waals surface area contributed by atoms with Gasteiger partial charge in [0.15, 0.2) is 0 Å². The van der Waals surface area contributed by atoms with Crippen molar-refractivity contribution in [3.8, 4) is 0 Å². The summed E-state index contributed by atoms with van der Waals surface area (Å²) in [5.74, 6) is 0.865. The summed E-state index contributed by atoms with van der Waals surface area (Å²) in [7, 11) is 0. The number of rotatable bonds is 3. The van der Waals surface area contributed by atoms with E-state index in [-0.39, 0.29) is 6.04 Å². The van der Waals surface area contributed by atoms with E-state index >= 15 is 0 Å². The van der Waals surface area contributed by atoms with E-state index in [1.54, 1.807) is 12.4 Å². The van der Waals surface area contributed by atoms with Crippen molar-refractivity contribution in [3.05, 3.63) is 47.8 Å². The molecule has 0 spiro atoms. The lowest BCUT2D eigenvalue weighted by atomic mass is 10.1. The maximum atomic E-state index is 6.19. The van der Waals surface area contributed by atoms with Crippen molar-refractivity contribution < 1.29 is 0 Å². The zero-order valence-electron chi connectivity index (χ0n) is 9.59. The summed E-state index contributed by atoms with van der Waals surface area (Å²) in [6.07, 6.45) is 5.48. The molecule has 0 amide bonds. The standard InChI is InChI=1S/C12H16N4/c1-3-16-8-7-15-12(16)10(13)11-9(2)5-4-6-14-11/h4-8,10H,3,13H2,1-2H3. The third-order valence-electron chi connectivity index (χ3n) is 2.71. The monoisotopic (exact) mass is 216 g/mol. The van der Waals surface area contributed by atoms with Gasteiger partial charge in [-0.1, -0.05) is 6.07 Å². The number of aryl methyl sites for hydroxylation is 2. The molecule has 4 heteroatoms. The minimum absolute atomic E-state index is 0.254. The van der Waals surface area contributed by atoms with Crippen LogP contribution in [0.3, 0.4) is 0 Å². The van der Waals surface area contributed by atoms with Crippen molar-refractivity contribution in [2.75, 3.05) is 0 Å². The summed E-state index contributed by atoms with van der Waals surface area (Å²) >= 11 is 0. The maximum Gasteiger partial charge on any atom is 0.131 e. The van der Waals surface area contributed by atoms with Crippen LogP contribution in [0.2, 0.25) is 0 Å². The van der Waals surface area contributed by atoms with Crippen LogP contribution >= 0.6 is 0 Å². The molecule has 2 aromatic heterocycles. The summed E-state index contributed by atoms with van der Waals surface area (Å²) in [4.78, 5) is 8.63. The quantitative estimate of drug-likeness (QED) is 0.848. The summed E-state index contributed by atoms with van der Waals surface area (Å²) < 4.78 is 2.04. The third kappa shape index (κ3) is 1.84. The molecule has 4 nitrogen and oxygen atoms in total. The molecule has 1 atom stereocenters. The Kier molecular flexibility index (Phi) is 3.01. The first-order valence-electron chi connectivity index (χ1n) is 5.42. The van der Waals surface area contributed by atoms with Gasteiger partial charge < -0.3 is 10.3 Å². The Morgan fingerprint density at radius 2 is 2.19 bits per heavy atom. The second kappa shape index (κ2) is 4.45. The molecule has 84 valence electrons. The largest absolute Gasteiger partial charge is 0.334 e. The number of imidazole rings is 1. The van der Waals surface area contributed by atoms with Crippen LogP contribution in [0.1, 0.15) is 30.0 Å². The van der Waals surface area contributed by atoms with Gasteiger partial charge in [-0.05, 0) is 25.5 Å². The molecule has 2 N–H and O–H groups in total. The van der Waals surface area contributed by atoms with E-state index in [2.05, 4.69) is 16.9 Å². The molecule has 2 heterocycles. The van der Waals surface area contributed by atoms with E-state index in [1.165, 1.54) is 0 Å². The van der Waals surface area contributed by atoms with Gasteiger partial charge in [0, 0.05) is 25.1 Å². The normalized spacial score (nSPS) is 12.7. The summed E-state index contributed by atoms with van der Waals surface area (Å²) in [5.41, 5.74) is 8.18. The number of pyridine rings is 1. The molecule has 0 aliphatic carbocycles. The highest BCUT2D eigenvalue weighted by atomic mass is 15.1. The maximum absolute atomic E-state index is 6.19. The highest BCUT2D eigenvalue weighted by Gasteiger charge is 2.16. The van der Waals surface area contributed by atoms with Gasteiger partial charge in [-0.2, -0.15) is 0 Å². The van der Waals surface area contributed by atoms with Gasteiger partial charge in [-0.25, -0.2) is 4.98 Å². The fraction of sp³-hybridized carbons (Fsp3) is 0.333. The van der Waals surface area contributed by atoms with Gasteiger partial charge >= 0.3 is 0 Å². The molecule has 0 bridgehead atoms. The Labute approximate surface area is 95.1 Å². The molecule has 0 saturated carbocycles. The van der Waals surface area contributed by atoms with Crippen molar-refractivity contribution >= 4 is 0 Å². The van der Waals surface area contributed by atoms with E-state index in [1.807, 2.05) is 29.8 Å². The first-order valence-corrected chi connectivity index (χ1v) is 5.42. The first-order chi connectivity index (χ1) is 7.74. The van der Waals surface area contributed by atoms with E-state index in [0.717, 1.165) is 23.6 Å². The Bertz CT molecular complexity index is 475. The minimum Gasteiger partial charge on any atom is -0.334 e. The molecule has 1 unspecified atom stereocenters. The highest BCUT2D eigenvalue weighted by molar-refractivity contribution is 5.25. The van der Waals surface area contributed by atoms with E-state index in [9.17, 15) is 0 Å². The summed E-state index contributed by atoms with van der Waals surface area (Å²) in [5, 5.41) is 0. The summed E-state index contributed by atoms with van der Waals surface area (Å²) in [6, 6.07) is 3.68. The van der Waals surface area contributed by atoms with Crippen molar-refractivity contribution in [1.29, 1.82) is 0 Å². The Morgan fingerprint density at radius 1 is 1.38 bits per heavy atom. The molecule has 0 aliphatic rings. The lowest BCUT2D eigenvalue weighted by molar-refractivity contribution is 0.645. The van der Waals surface area contributed by atoms with Crippen LogP contribution in [0.15, 0.2) is 30.7 Å². The summed E-state index contributed by atoms with van der Waals surface area (Å²) in [6.45, 7) is 4.96. The van der Waals surface area contributed by atoms with Crippen molar-refractivity contribution in [2.45, 2.75) is 26.4 Å². The molecule has 0 radical (unpaired) electrons. The molecule has 16 heavy (non-hydrogen) atoms. The van der Waals surface area contributed by atoms with Gasteiger partial charge in [0.05, 0.1) is 5.69 Å². The highest BCUT2D eigenvalue weighted by Crippen LogP contribution is 2.18. The zero-order valence-corrected chi connectivity index (χ0v) is 9.59. The second-order valence-electron chi connectivity index (χ2n) is 3.75. The molecule has 0 aliphatic heterocycles. The number of hydrogen-bond acceptors (Lipinski definition) is 3. The number of nitrogens with zero attached hydrogens (tertiary/aromatic N) is 3. The number of aromatic nitrogens is 3. The minimum atomic E-state index is -0.254. The van der Waals surface area contributed by atoms with Gasteiger partial charge in [0.2, 0.25) is 0 Å². The lowest BCUT2D eigenvalue weighted by Crippen LogP contribution is -2.19. The first kappa shape index (κ1) is 10.8. The molecular formula is C12H16N4. The van der Waals surface area contributed by atoms with Gasteiger partial charge in [-0.15, -0.1) is 0 Å². The van der Waals surface area contributed by atoms with Crippen LogP contribution in [0, 0.1) is 6.92 Å². The van der Waals surface area contributed by atoms with Crippen LogP contribution in [0.4, 0.5) is 0 Å². The van der Waals surface area contributed by atoms with E-state index < -0.39 is 0 Å². The molecular weight excluding hydrogens is 200 g/mol. The van der Waals surface area contributed by atoms with Gasteiger partial charge in [0.25, 0.3) is 0 Å². The van der Waals surface area contributed by atoms with Crippen LogP contribution in [-0.2, 0) is 6.54 Å². The number of hydrogen-bond donors (Lipinski definition) is 1. The predicted molar refractivity (Wildman–Crippen MR) is 62.9 cm³/mol. The molecule has 2 aromatic rings. The fourth-order valence-electron chi connectivity index (χ4n) is 1.81. The number of nitrogens with two attached hydrogens (primary N) is 1. The smallest absolute Gasteiger partial charge is 0.131 e. The van der Waals surface area contributed by atoms with E-state index in [0.29, 0.717) is 0 Å². The van der Waals surface area contributed by atoms with Crippen molar-refractivity contribution in [1.82, 2.24) is 14.5 Å². The third-order valence-corrected chi connectivity index (χ3v) is 2.71. The fourth-order valence-corrected chi connectivity index (χ4v) is 1.81. The average Bonchev–Trinajstić information content (AvgIpc) is 2.77. The topological polar surface area (TPSA) is 56.7 Å². The molecule has 0 fully saturated rings. The Balaban J connectivity index is 2.39. The van der Waals surface area contributed by atoms with Crippen LogP contribution < -0.4 is 5.73 Å². The SMILES string of the molecule is CCn1ccnc1C(N)c1ncccc1C. The van der Waals surface area contributed by atoms with Crippen molar-refractivity contribution in [3.63, 3.8) is 0 Å². The molecule has 2 rings (SSSR count). The van der Waals surface area contributed by atoms with Gasteiger partial charge in [-0.3, -0.25) is 4.98 Å². The zero-order chi connectivity index (χ0) is 11.5. The van der Waals surface area contributed by atoms with Gasteiger partial charge in [0.1, 0.15) is 11.9 Å². The molecule has 0 aromatic carbocycles. The van der Waals surface area contributed by atoms with Crippen LogP contribution in [0.5, 0.6) is 0 Å². The average molecular weight is 216 g/mol. The van der Waals surface area contributed by atoms with Crippen LogP contribution in [-0.4, -0.2) is 14.5 Å².